The molecular formula is C20H29NO5. The maximum Gasteiger partial charge on any atom is 0.409 e. The van der Waals surface area contributed by atoms with Crippen molar-refractivity contribution in [3.63, 3.8) is 0 Å². The Morgan fingerprint density at radius 3 is 2.54 bits per heavy atom. The Hall–Kier alpha value is -1.95. The van der Waals surface area contributed by atoms with Gasteiger partial charge in [0.15, 0.2) is 11.5 Å². The molecule has 3 rings (SSSR count). The van der Waals surface area contributed by atoms with E-state index in [1.165, 1.54) is 20.0 Å². The summed E-state index contributed by atoms with van der Waals surface area (Å²) in [6.45, 7) is 1.86. The van der Waals surface area contributed by atoms with Gasteiger partial charge in [-0.1, -0.05) is 6.07 Å². The number of amides is 1. The highest BCUT2D eigenvalue weighted by atomic mass is 16.5. The number of benzene rings is 1. The average molecular weight is 363 g/mol. The van der Waals surface area contributed by atoms with Gasteiger partial charge in [0.25, 0.3) is 0 Å². The number of nitrogens with zero attached hydrogens (tertiary/aromatic N) is 1. The first kappa shape index (κ1) is 18.8. The highest BCUT2D eigenvalue weighted by Crippen LogP contribution is 2.39. The molecule has 1 aromatic rings. The zero-order valence-electron chi connectivity index (χ0n) is 15.9. The van der Waals surface area contributed by atoms with Crippen molar-refractivity contribution in [1.29, 1.82) is 0 Å². The third kappa shape index (κ3) is 4.06. The van der Waals surface area contributed by atoms with Crippen LogP contribution in [0.1, 0.15) is 37.2 Å². The van der Waals surface area contributed by atoms with Crippen molar-refractivity contribution in [3.8, 4) is 11.5 Å². The lowest BCUT2D eigenvalue weighted by Crippen LogP contribution is -2.29. The van der Waals surface area contributed by atoms with Gasteiger partial charge in [-0.3, -0.25) is 0 Å². The molecule has 144 valence electrons. The SMILES string of the molecule is COCC1CN(C(=O)OC)CC1c1ccc(OC)c(OC2CCCC2)c1. The van der Waals surface area contributed by atoms with Crippen LogP contribution >= 0.6 is 0 Å². The smallest absolute Gasteiger partial charge is 0.409 e. The van der Waals surface area contributed by atoms with Gasteiger partial charge in [0, 0.05) is 32.0 Å². The van der Waals surface area contributed by atoms with Crippen LogP contribution in [0.4, 0.5) is 4.79 Å². The van der Waals surface area contributed by atoms with E-state index in [1.807, 2.05) is 6.07 Å². The van der Waals surface area contributed by atoms with Gasteiger partial charge in [-0.2, -0.15) is 0 Å². The molecule has 0 radical (unpaired) electrons. The van der Waals surface area contributed by atoms with Gasteiger partial charge < -0.3 is 23.8 Å². The van der Waals surface area contributed by atoms with Crippen molar-refractivity contribution in [2.24, 2.45) is 5.92 Å². The van der Waals surface area contributed by atoms with Gasteiger partial charge in [-0.15, -0.1) is 0 Å². The summed E-state index contributed by atoms with van der Waals surface area (Å²) in [5, 5.41) is 0. The molecule has 2 unspecified atom stereocenters. The fourth-order valence-corrected chi connectivity index (χ4v) is 4.11. The Balaban J connectivity index is 1.82. The Morgan fingerprint density at radius 2 is 1.88 bits per heavy atom. The van der Waals surface area contributed by atoms with Crippen LogP contribution in [0.5, 0.6) is 11.5 Å². The van der Waals surface area contributed by atoms with E-state index in [0.29, 0.717) is 19.7 Å². The van der Waals surface area contributed by atoms with E-state index in [-0.39, 0.29) is 24.0 Å². The van der Waals surface area contributed by atoms with Crippen LogP contribution in [0.3, 0.4) is 0 Å². The number of hydrogen-bond donors (Lipinski definition) is 0. The van der Waals surface area contributed by atoms with Gasteiger partial charge in [-0.05, 0) is 43.4 Å². The highest BCUT2D eigenvalue weighted by molar-refractivity contribution is 5.68. The second kappa shape index (κ2) is 8.62. The first-order valence-corrected chi connectivity index (χ1v) is 9.32. The monoisotopic (exact) mass is 363 g/mol. The second-order valence-corrected chi connectivity index (χ2v) is 7.13. The van der Waals surface area contributed by atoms with Gasteiger partial charge in [0.05, 0.1) is 26.9 Å². The highest BCUT2D eigenvalue weighted by Gasteiger charge is 2.37. The van der Waals surface area contributed by atoms with E-state index in [1.54, 1.807) is 19.1 Å². The Bertz CT molecular complexity index is 614. The largest absolute Gasteiger partial charge is 0.493 e. The lowest BCUT2D eigenvalue weighted by molar-refractivity contribution is 0.123. The molecule has 1 heterocycles. The molecule has 0 aromatic heterocycles. The van der Waals surface area contributed by atoms with Crippen LogP contribution < -0.4 is 9.47 Å². The minimum atomic E-state index is -0.287. The van der Waals surface area contributed by atoms with E-state index in [9.17, 15) is 4.79 Å². The molecule has 0 bridgehead atoms. The zero-order chi connectivity index (χ0) is 18.5. The van der Waals surface area contributed by atoms with Gasteiger partial charge in [0.2, 0.25) is 0 Å². The van der Waals surface area contributed by atoms with Crippen molar-refractivity contribution < 1.29 is 23.7 Å². The molecule has 2 aliphatic rings. The minimum absolute atomic E-state index is 0.186. The Morgan fingerprint density at radius 1 is 1.12 bits per heavy atom. The molecular weight excluding hydrogens is 334 g/mol. The zero-order valence-corrected chi connectivity index (χ0v) is 15.9. The summed E-state index contributed by atoms with van der Waals surface area (Å²) in [5.41, 5.74) is 1.15. The third-order valence-corrected chi connectivity index (χ3v) is 5.47. The number of methoxy groups -OCH3 is 3. The maximum atomic E-state index is 12.0. The summed E-state index contributed by atoms with van der Waals surface area (Å²) < 4.78 is 22.0. The van der Waals surface area contributed by atoms with Crippen molar-refractivity contribution in [3.05, 3.63) is 23.8 Å². The van der Waals surface area contributed by atoms with Crippen LogP contribution in [0, 0.1) is 5.92 Å². The molecule has 1 aliphatic carbocycles. The summed E-state index contributed by atoms with van der Waals surface area (Å²) in [7, 11) is 4.78. The lowest BCUT2D eigenvalue weighted by atomic mass is 9.89. The number of carbonyl (C=O) groups is 1. The van der Waals surface area contributed by atoms with Crippen LogP contribution in [-0.4, -0.2) is 58.1 Å². The fourth-order valence-electron chi connectivity index (χ4n) is 4.11. The molecule has 0 N–H and O–H groups in total. The van der Waals surface area contributed by atoms with Crippen LogP contribution in [0.2, 0.25) is 0 Å². The molecule has 6 nitrogen and oxygen atoms in total. The first-order chi connectivity index (χ1) is 12.7. The van der Waals surface area contributed by atoms with E-state index in [4.69, 9.17) is 18.9 Å². The second-order valence-electron chi connectivity index (χ2n) is 7.13. The predicted molar refractivity (Wildman–Crippen MR) is 98.0 cm³/mol. The maximum absolute atomic E-state index is 12.0. The fraction of sp³-hybridized carbons (Fsp3) is 0.650. The summed E-state index contributed by atoms with van der Waals surface area (Å²) in [5.74, 6) is 1.97. The van der Waals surface area contributed by atoms with Crippen molar-refractivity contribution >= 4 is 6.09 Å². The van der Waals surface area contributed by atoms with Crippen molar-refractivity contribution in [2.45, 2.75) is 37.7 Å². The molecule has 1 aliphatic heterocycles. The van der Waals surface area contributed by atoms with Gasteiger partial charge in [0.1, 0.15) is 0 Å². The molecule has 1 aromatic carbocycles. The van der Waals surface area contributed by atoms with Gasteiger partial charge >= 0.3 is 6.09 Å². The molecule has 1 amide bonds. The number of rotatable bonds is 6. The number of likely N-dealkylation sites (tertiary alicyclic amines) is 1. The Kier molecular flexibility index (Phi) is 6.25. The molecule has 1 saturated carbocycles. The molecule has 6 heteroatoms. The van der Waals surface area contributed by atoms with Crippen LogP contribution in [0.25, 0.3) is 0 Å². The third-order valence-electron chi connectivity index (χ3n) is 5.47. The van der Waals surface area contributed by atoms with E-state index in [2.05, 4.69) is 12.1 Å². The number of hydrogen-bond acceptors (Lipinski definition) is 5. The minimum Gasteiger partial charge on any atom is -0.493 e. The van der Waals surface area contributed by atoms with Crippen LogP contribution in [-0.2, 0) is 9.47 Å². The summed E-state index contributed by atoms with van der Waals surface area (Å²) in [6.07, 6.45) is 4.62. The van der Waals surface area contributed by atoms with Crippen molar-refractivity contribution in [2.75, 3.05) is 41.0 Å². The quantitative estimate of drug-likeness (QED) is 0.775. The average Bonchev–Trinajstić information content (AvgIpc) is 3.31. The molecule has 1 saturated heterocycles. The molecule has 26 heavy (non-hydrogen) atoms. The lowest BCUT2D eigenvalue weighted by Gasteiger charge is -2.21. The predicted octanol–water partition coefficient (Wildman–Crippen LogP) is 3.44. The van der Waals surface area contributed by atoms with E-state index < -0.39 is 0 Å². The topological polar surface area (TPSA) is 57.2 Å². The molecule has 2 fully saturated rings. The summed E-state index contributed by atoms with van der Waals surface area (Å²) >= 11 is 0. The summed E-state index contributed by atoms with van der Waals surface area (Å²) in [6, 6.07) is 6.10. The Labute approximate surface area is 155 Å². The normalized spacial score (nSPS) is 23.3. The number of carbonyl (C=O) groups excluding carboxylic acids is 1. The van der Waals surface area contributed by atoms with Crippen molar-refractivity contribution in [1.82, 2.24) is 4.90 Å². The first-order valence-electron chi connectivity index (χ1n) is 9.32. The standard InChI is InChI=1S/C20H29NO5/c1-23-13-15-11-21(20(22)25-3)12-17(15)14-8-9-18(24-2)19(10-14)26-16-6-4-5-7-16/h8-10,15-17H,4-7,11-13H2,1-3H3. The molecule has 0 spiro atoms. The van der Waals surface area contributed by atoms with Crippen LogP contribution in [0.15, 0.2) is 18.2 Å². The van der Waals surface area contributed by atoms with E-state index >= 15 is 0 Å². The number of ether oxygens (including phenoxy) is 4. The van der Waals surface area contributed by atoms with E-state index in [0.717, 1.165) is 29.9 Å². The molecule has 2 atom stereocenters. The summed E-state index contributed by atoms with van der Waals surface area (Å²) in [4.78, 5) is 13.7. The van der Waals surface area contributed by atoms with Gasteiger partial charge in [-0.25, -0.2) is 4.79 Å².